The van der Waals surface area contributed by atoms with E-state index in [9.17, 15) is 0 Å². The van der Waals surface area contributed by atoms with Gasteiger partial charge < -0.3 is 0 Å². The summed E-state index contributed by atoms with van der Waals surface area (Å²) in [4.78, 5) is 0. The fourth-order valence-corrected chi connectivity index (χ4v) is 1.07. The topological polar surface area (TPSA) is 0 Å². The summed E-state index contributed by atoms with van der Waals surface area (Å²) in [6.07, 6.45) is 7.57. The zero-order valence-corrected chi connectivity index (χ0v) is 6.60. The molecule has 0 aliphatic heterocycles. The van der Waals surface area contributed by atoms with Gasteiger partial charge >= 0.3 is 49.9 Å². The summed E-state index contributed by atoms with van der Waals surface area (Å²) in [5, 5.41) is 0. The van der Waals surface area contributed by atoms with E-state index in [4.69, 9.17) is 0 Å². The van der Waals surface area contributed by atoms with Crippen molar-refractivity contribution in [3.8, 4) is 0 Å². The summed E-state index contributed by atoms with van der Waals surface area (Å²) >= 11 is 1.91. The number of hydrogen-bond donors (Lipinski definition) is 0. The second-order valence-electron chi connectivity index (χ2n) is 1.35. The summed E-state index contributed by atoms with van der Waals surface area (Å²) in [5.74, 6) is 2.10. The Morgan fingerprint density at radius 2 is 2.22 bits per heavy atom. The van der Waals surface area contributed by atoms with Crippen LogP contribution in [0.25, 0.3) is 0 Å². The Hall–Kier alpha value is -0.261. The molecule has 0 atom stereocenters. The fourth-order valence-electron chi connectivity index (χ4n) is 0.517. The van der Waals surface area contributed by atoms with Crippen molar-refractivity contribution in [2.75, 3.05) is 0 Å². The molecule has 0 amide bonds. The first-order chi connectivity index (χ1) is 4.43. The van der Waals surface area contributed by atoms with E-state index in [-0.39, 0.29) is 0 Å². The van der Waals surface area contributed by atoms with Crippen molar-refractivity contribution >= 4 is 0 Å². The van der Waals surface area contributed by atoms with Gasteiger partial charge in [-0.1, -0.05) is 0 Å². The Labute approximate surface area is 63.5 Å². The molecule has 0 aromatic carbocycles. The molecule has 0 saturated heterocycles. The molecule has 0 spiro atoms. The van der Waals surface area contributed by atoms with Crippen LogP contribution >= 0.6 is 0 Å². The predicted octanol–water partition coefficient (Wildman–Crippen LogP) is 2.76. The van der Waals surface area contributed by atoms with Crippen LogP contribution in [-0.2, 0) is 15.0 Å². The molecule has 0 N–H and O–H groups in total. The third-order valence-electron chi connectivity index (χ3n) is 0.891. The van der Waals surface area contributed by atoms with E-state index in [1.165, 1.54) is 4.47 Å². The van der Waals surface area contributed by atoms with Gasteiger partial charge in [-0.15, -0.1) is 13.2 Å². The zero-order chi connectivity index (χ0) is 7.11. The SMILES string of the molecule is C=C.[CH3][Cu][C]1=CC=CC1. The molecule has 1 aliphatic rings. The Balaban J connectivity index is 0.000000291. The van der Waals surface area contributed by atoms with Crippen LogP contribution in [0.1, 0.15) is 6.42 Å². The van der Waals surface area contributed by atoms with Gasteiger partial charge in [-0.2, -0.15) is 0 Å². The predicted molar refractivity (Wildman–Crippen MR) is 39.0 cm³/mol. The number of hydrogen-bond acceptors (Lipinski definition) is 0. The van der Waals surface area contributed by atoms with E-state index >= 15 is 0 Å². The molecule has 0 unspecified atom stereocenters. The van der Waals surface area contributed by atoms with Gasteiger partial charge in [0.2, 0.25) is 0 Å². The van der Waals surface area contributed by atoms with Gasteiger partial charge in [0.15, 0.2) is 0 Å². The second kappa shape index (κ2) is 5.87. The Bertz CT molecular complexity index is 123. The van der Waals surface area contributed by atoms with Crippen LogP contribution in [0.4, 0.5) is 0 Å². The van der Waals surface area contributed by atoms with Gasteiger partial charge in [0.25, 0.3) is 0 Å². The normalized spacial score (nSPS) is 14.6. The third kappa shape index (κ3) is 3.34. The van der Waals surface area contributed by atoms with E-state index in [1.807, 2.05) is 15.0 Å². The van der Waals surface area contributed by atoms with Crippen molar-refractivity contribution in [3.05, 3.63) is 35.9 Å². The van der Waals surface area contributed by atoms with Crippen LogP contribution in [0.2, 0.25) is 5.82 Å². The van der Waals surface area contributed by atoms with E-state index in [1.54, 1.807) is 0 Å². The molecular weight excluding hydrogens is 160 g/mol. The van der Waals surface area contributed by atoms with Crippen molar-refractivity contribution in [2.45, 2.75) is 12.2 Å². The first kappa shape index (κ1) is 8.74. The van der Waals surface area contributed by atoms with Gasteiger partial charge in [-0.05, 0) is 0 Å². The Morgan fingerprint density at radius 1 is 1.56 bits per heavy atom. The monoisotopic (exact) mass is 171 g/mol. The molecule has 0 bridgehead atoms. The van der Waals surface area contributed by atoms with E-state index in [0.717, 1.165) is 6.42 Å². The molecule has 1 rings (SSSR count). The molecule has 55 valence electrons. The van der Waals surface area contributed by atoms with Crippen molar-refractivity contribution < 1.29 is 15.0 Å². The molecule has 0 saturated carbocycles. The van der Waals surface area contributed by atoms with Crippen LogP contribution in [0.3, 0.4) is 0 Å². The molecule has 0 radical (unpaired) electrons. The first-order valence-electron chi connectivity index (χ1n) is 2.67. The molecule has 1 heteroatoms. The minimum absolute atomic E-state index is 1.15. The second-order valence-corrected chi connectivity index (χ2v) is 2.42. The van der Waals surface area contributed by atoms with Gasteiger partial charge in [-0.3, -0.25) is 0 Å². The maximum absolute atomic E-state index is 3.00. The zero-order valence-electron chi connectivity index (χ0n) is 5.65. The summed E-state index contributed by atoms with van der Waals surface area (Å²) in [6.45, 7) is 6.00. The third-order valence-corrected chi connectivity index (χ3v) is 1.85. The average molecular weight is 172 g/mol. The van der Waals surface area contributed by atoms with Crippen LogP contribution in [0.15, 0.2) is 35.9 Å². The molecule has 9 heavy (non-hydrogen) atoms. The number of rotatable bonds is 1. The van der Waals surface area contributed by atoms with Crippen LogP contribution < -0.4 is 0 Å². The van der Waals surface area contributed by atoms with Gasteiger partial charge in [0, 0.05) is 0 Å². The van der Waals surface area contributed by atoms with E-state index in [0.29, 0.717) is 0 Å². The Kier molecular flexibility index (Phi) is 5.70. The van der Waals surface area contributed by atoms with Crippen LogP contribution in [-0.4, -0.2) is 0 Å². The summed E-state index contributed by atoms with van der Waals surface area (Å²) < 4.78 is 1.46. The molecule has 0 fully saturated rings. The van der Waals surface area contributed by atoms with Crippen LogP contribution in [0, 0.1) is 0 Å². The van der Waals surface area contributed by atoms with Gasteiger partial charge in [-0.25, -0.2) is 0 Å². The number of allylic oxidation sites excluding steroid dienone is 4. The summed E-state index contributed by atoms with van der Waals surface area (Å²) in [6, 6.07) is 0. The van der Waals surface area contributed by atoms with E-state index < -0.39 is 0 Å². The molecule has 1 aliphatic carbocycles. The van der Waals surface area contributed by atoms with Crippen LogP contribution in [0.5, 0.6) is 0 Å². The summed E-state index contributed by atoms with van der Waals surface area (Å²) in [7, 11) is 0. The molecule has 0 heterocycles. The average Bonchev–Trinajstić information content (AvgIpc) is 2.43. The van der Waals surface area contributed by atoms with Crippen molar-refractivity contribution in [1.29, 1.82) is 0 Å². The quantitative estimate of drug-likeness (QED) is 0.421. The molecule has 0 aromatic heterocycles. The maximum atomic E-state index is 3.00. The van der Waals surface area contributed by atoms with Gasteiger partial charge in [0.05, 0.1) is 0 Å². The van der Waals surface area contributed by atoms with Crippen molar-refractivity contribution in [1.82, 2.24) is 0 Å². The summed E-state index contributed by atoms with van der Waals surface area (Å²) in [5.41, 5.74) is 0. The fraction of sp³-hybridized carbons (Fsp3) is 0.250. The molecule has 0 aromatic rings. The Morgan fingerprint density at radius 3 is 2.44 bits per heavy atom. The molecule has 0 nitrogen and oxygen atoms in total. The van der Waals surface area contributed by atoms with Gasteiger partial charge in [0.1, 0.15) is 0 Å². The van der Waals surface area contributed by atoms with Crippen molar-refractivity contribution in [3.63, 3.8) is 0 Å². The van der Waals surface area contributed by atoms with Crippen molar-refractivity contribution in [2.24, 2.45) is 0 Å². The molecular formula is C8H12Cu. The minimum atomic E-state index is 1.15. The standard InChI is InChI=1S/C5H5.C2H4.CH3.Cu/c1-2-4-5-3-1;1-2;;/h1-3H,4H2;1-2H2;1H3;. The van der Waals surface area contributed by atoms with E-state index in [2.05, 4.69) is 37.2 Å². The first-order valence-corrected chi connectivity index (χ1v) is 4.08.